The molecular formula is C18H27N3O2. The molecule has 1 aromatic rings. The Hall–Kier alpha value is -1.88. The second kappa shape index (κ2) is 9.30. The molecule has 1 atom stereocenters. The van der Waals surface area contributed by atoms with Gasteiger partial charge in [0, 0.05) is 20.0 Å². The molecular weight excluding hydrogens is 290 g/mol. The van der Waals surface area contributed by atoms with Crippen LogP contribution < -0.4 is 10.6 Å². The van der Waals surface area contributed by atoms with Crippen molar-refractivity contribution < 1.29 is 9.59 Å². The molecule has 5 nitrogen and oxygen atoms in total. The Morgan fingerprint density at radius 1 is 1.09 bits per heavy atom. The molecule has 0 saturated carbocycles. The fraction of sp³-hybridized carbons (Fsp3) is 0.556. The molecule has 2 N–H and O–H groups in total. The van der Waals surface area contributed by atoms with Gasteiger partial charge >= 0.3 is 0 Å². The lowest BCUT2D eigenvalue weighted by atomic mass is 9.92. The number of carbonyl (C=O) groups is 2. The molecule has 0 aromatic heterocycles. The second-order valence-electron chi connectivity index (χ2n) is 6.15. The van der Waals surface area contributed by atoms with E-state index in [0.29, 0.717) is 25.6 Å². The summed E-state index contributed by atoms with van der Waals surface area (Å²) in [4.78, 5) is 24.9. The van der Waals surface area contributed by atoms with Gasteiger partial charge in [-0.15, -0.1) is 0 Å². The molecule has 5 heteroatoms. The Morgan fingerprint density at radius 3 is 2.57 bits per heavy atom. The van der Waals surface area contributed by atoms with Crippen molar-refractivity contribution in [3.05, 3.63) is 35.9 Å². The van der Waals surface area contributed by atoms with Crippen LogP contribution in [-0.4, -0.2) is 49.4 Å². The summed E-state index contributed by atoms with van der Waals surface area (Å²) >= 11 is 0. The lowest BCUT2D eigenvalue weighted by Gasteiger charge is -2.19. The first-order valence-electron chi connectivity index (χ1n) is 8.43. The maximum absolute atomic E-state index is 12.0. The number of carbonyl (C=O) groups excluding carboxylic acids is 2. The van der Waals surface area contributed by atoms with Gasteiger partial charge in [-0.25, -0.2) is 0 Å². The molecule has 1 aromatic carbocycles. The minimum Gasteiger partial charge on any atom is -0.355 e. The van der Waals surface area contributed by atoms with Crippen LogP contribution in [0.2, 0.25) is 0 Å². The molecule has 0 radical (unpaired) electrons. The third-order valence-electron chi connectivity index (χ3n) is 4.28. The van der Waals surface area contributed by atoms with Crippen molar-refractivity contribution in [2.75, 3.05) is 32.7 Å². The first kappa shape index (κ1) is 17.5. The molecule has 0 aliphatic carbocycles. The van der Waals surface area contributed by atoms with Crippen molar-refractivity contribution in [1.29, 1.82) is 0 Å². The van der Waals surface area contributed by atoms with E-state index in [4.69, 9.17) is 0 Å². The number of nitrogens with zero attached hydrogens (tertiary/aromatic N) is 1. The van der Waals surface area contributed by atoms with E-state index in [-0.39, 0.29) is 11.8 Å². The van der Waals surface area contributed by atoms with Crippen LogP contribution in [0.15, 0.2) is 30.3 Å². The van der Waals surface area contributed by atoms with Crippen molar-refractivity contribution in [3.63, 3.8) is 0 Å². The second-order valence-corrected chi connectivity index (χ2v) is 6.15. The lowest BCUT2D eigenvalue weighted by molar-refractivity contribution is -0.123. The summed E-state index contributed by atoms with van der Waals surface area (Å²) in [7, 11) is 0. The van der Waals surface area contributed by atoms with Gasteiger partial charge in [0.1, 0.15) is 0 Å². The SMILES string of the molecule is CC(=O)NCCNC(=O)CN1CCCC(c2ccccc2)CC1. The first-order chi connectivity index (χ1) is 11.1. The normalized spacial score (nSPS) is 18.9. The third kappa shape index (κ3) is 6.40. The van der Waals surface area contributed by atoms with Gasteiger partial charge in [-0.2, -0.15) is 0 Å². The largest absolute Gasteiger partial charge is 0.355 e. The standard InChI is InChI=1S/C18H27N3O2/c1-15(22)19-10-11-20-18(23)14-21-12-5-8-17(9-13-21)16-6-3-2-4-7-16/h2-4,6-7,17H,5,8-14H2,1H3,(H,19,22)(H,20,23). The van der Waals surface area contributed by atoms with E-state index in [2.05, 4.69) is 45.9 Å². The minimum atomic E-state index is -0.0706. The van der Waals surface area contributed by atoms with Crippen LogP contribution >= 0.6 is 0 Å². The Bertz CT molecular complexity index is 504. The van der Waals surface area contributed by atoms with Crippen molar-refractivity contribution >= 4 is 11.8 Å². The van der Waals surface area contributed by atoms with Crippen molar-refractivity contribution in [3.8, 4) is 0 Å². The third-order valence-corrected chi connectivity index (χ3v) is 4.28. The van der Waals surface area contributed by atoms with Crippen molar-refractivity contribution in [1.82, 2.24) is 15.5 Å². The first-order valence-corrected chi connectivity index (χ1v) is 8.43. The van der Waals surface area contributed by atoms with Gasteiger partial charge in [-0.05, 0) is 43.8 Å². The zero-order valence-electron chi connectivity index (χ0n) is 13.9. The maximum Gasteiger partial charge on any atom is 0.234 e. The van der Waals surface area contributed by atoms with Crippen LogP contribution in [-0.2, 0) is 9.59 Å². The number of benzene rings is 1. The number of hydrogen-bond donors (Lipinski definition) is 2. The van der Waals surface area contributed by atoms with E-state index >= 15 is 0 Å². The molecule has 0 bridgehead atoms. The molecule has 23 heavy (non-hydrogen) atoms. The number of hydrogen-bond acceptors (Lipinski definition) is 3. The molecule has 0 spiro atoms. The molecule has 1 unspecified atom stereocenters. The number of likely N-dealkylation sites (tertiary alicyclic amines) is 1. The average Bonchev–Trinajstić information content (AvgIpc) is 2.78. The minimum absolute atomic E-state index is 0.0357. The summed E-state index contributed by atoms with van der Waals surface area (Å²) < 4.78 is 0. The summed E-state index contributed by atoms with van der Waals surface area (Å²) in [5.74, 6) is 0.566. The number of amides is 2. The topological polar surface area (TPSA) is 61.4 Å². The summed E-state index contributed by atoms with van der Waals surface area (Å²) in [6, 6.07) is 10.7. The van der Waals surface area contributed by atoms with Crippen LogP contribution in [0.5, 0.6) is 0 Å². The van der Waals surface area contributed by atoms with Gasteiger partial charge in [-0.3, -0.25) is 14.5 Å². The zero-order valence-corrected chi connectivity index (χ0v) is 13.9. The van der Waals surface area contributed by atoms with Crippen molar-refractivity contribution in [2.45, 2.75) is 32.1 Å². The van der Waals surface area contributed by atoms with Gasteiger partial charge in [0.15, 0.2) is 0 Å². The van der Waals surface area contributed by atoms with Crippen LogP contribution in [0.3, 0.4) is 0 Å². The van der Waals surface area contributed by atoms with Crippen LogP contribution in [0.25, 0.3) is 0 Å². The maximum atomic E-state index is 12.0. The van der Waals surface area contributed by atoms with E-state index in [1.165, 1.54) is 18.9 Å². The Morgan fingerprint density at radius 2 is 1.83 bits per heavy atom. The van der Waals surface area contributed by atoms with E-state index in [1.807, 2.05) is 0 Å². The predicted octanol–water partition coefficient (Wildman–Crippen LogP) is 1.51. The zero-order chi connectivity index (χ0) is 16.5. The Labute approximate surface area is 138 Å². The van der Waals surface area contributed by atoms with E-state index < -0.39 is 0 Å². The number of rotatable bonds is 6. The fourth-order valence-electron chi connectivity index (χ4n) is 3.07. The van der Waals surface area contributed by atoms with Crippen molar-refractivity contribution in [2.24, 2.45) is 0 Å². The summed E-state index contributed by atoms with van der Waals surface area (Å²) in [6.07, 6.45) is 3.41. The smallest absolute Gasteiger partial charge is 0.234 e. The highest BCUT2D eigenvalue weighted by Gasteiger charge is 2.19. The molecule has 2 rings (SSSR count). The summed E-state index contributed by atoms with van der Waals surface area (Å²) in [5, 5.41) is 5.52. The van der Waals surface area contributed by atoms with Crippen LogP contribution in [0, 0.1) is 0 Å². The summed E-state index contributed by atoms with van der Waals surface area (Å²) in [5.41, 5.74) is 1.41. The Balaban J connectivity index is 1.71. The van der Waals surface area contributed by atoms with Crippen LogP contribution in [0.4, 0.5) is 0 Å². The van der Waals surface area contributed by atoms with Gasteiger partial charge in [-0.1, -0.05) is 30.3 Å². The Kier molecular flexibility index (Phi) is 7.07. The van der Waals surface area contributed by atoms with Gasteiger partial charge in [0.25, 0.3) is 0 Å². The highest BCUT2D eigenvalue weighted by Crippen LogP contribution is 2.27. The molecule has 1 aliphatic heterocycles. The molecule has 1 fully saturated rings. The van der Waals surface area contributed by atoms with Gasteiger partial charge in [0.05, 0.1) is 6.54 Å². The summed E-state index contributed by atoms with van der Waals surface area (Å²) in [6.45, 7) is 4.82. The highest BCUT2D eigenvalue weighted by atomic mass is 16.2. The highest BCUT2D eigenvalue weighted by molar-refractivity contribution is 5.78. The fourth-order valence-corrected chi connectivity index (χ4v) is 3.07. The monoisotopic (exact) mass is 317 g/mol. The van der Waals surface area contributed by atoms with E-state index in [1.54, 1.807) is 0 Å². The quantitative estimate of drug-likeness (QED) is 0.782. The van der Waals surface area contributed by atoms with E-state index in [0.717, 1.165) is 25.9 Å². The molecule has 126 valence electrons. The molecule has 1 aliphatic rings. The van der Waals surface area contributed by atoms with Crippen LogP contribution in [0.1, 0.15) is 37.7 Å². The average molecular weight is 317 g/mol. The molecule has 1 heterocycles. The number of nitrogens with one attached hydrogen (secondary N) is 2. The predicted molar refractivity (Wildman–Crippen MR) is 91.2 cm³/mol. The van der Waals surface area contributed by atoms with Gasteiger partial charge in [0.2, 0.25) is 11.8 Å². The van der Waals surface area contributed by atoms with Gasteiger partial charge < -0.3 is 10.6 Å². The molecule has 2 amide bonds. The molecule has 1 saturated heterocycles. The van der Waals surface area contributed by atoms with E-state index in [9.17, 15) is 9.59 Å². The lowest BCUT2D eigenvalue weighted by Crippen LogP contribution is -2.40.